The Bertz CT molecular complexity index is 197. The first-order valence-electron chi connectivity index (χ1n) is 5.07. The molecule has 0 aliphatic heterocycles. The fourth-order valence-corrected chi connectivity index (χ4v) is 1.93. The van der Waals surface area contributed by atoms with E-state index in [4.69, 9.17) is 9.16 Å². The van der Waals surface area contributed by atoms with Crippen molar-refractivity contribution >= 4 is 8.32 Å². The van der Waals surface area contributed by atoms with Gasteiger partial charge in [-0.1, -0.05) is 0 Å². The molecule has 0 aromatic carbocycles. The molecule has 0 unspecified atom stereocenters. The molecule has 3 heteroatoms. The zero-order valence-electron chi connectivity index (χ0n) is 9.14. The Morgan fingerprint density at radius 1 is 1.31 bits per heavy atom. The molecule has 0 N–H and O–H groups in total. The first kappa shape index (κ1) is 10.6. The van der Waals surface area contributed by atoms with E-state index >= 15 is 0 Å². The van der Waals surface area contributed by atoms with Crippen LogP contribution in [0.3, 0.4) is 0 Å². The molecule has 0 saturated heterocycles. The number of hydrogen-bond donors (Lipinski definition) is 0. The van der Waals surface area contributed by atoms with Crippen molar-refractivity contribution in [3.63, 3.8) is 0 Å². The molecular weight excluding hydrogens is 180 g/mol. The van der Waals surface area contributed by atoms with E-state index < -0.39 is 8.32 Å². The Hall–Kier alpha value is -0.443. The molecule has 0 radical (unpaired) electrons. The second-order valence-electron chi connectivity index (χ2n) is 4.39. The maximum atomic E-state index is 5.88. The third-order valence-corrected chi connectivity index (χ3v) is 2.72. The van der Waals surface area contributed by atoms with Gasteiger partial charge in [-0.05, 0) is 45.8 Å². The average molecular weight is 200 g/mol. The van der Waals surface area contributed by atoms with Gasteiger partial charge in [-0.15, -0.1) is 0 Å². The molecule has 13 heavy (non-hydrogen) atoms. The van der Waals surface area contributed by atoms with Gasteiger partial charge in [-0.2, -0.15) is 0 Å². The zero-order chi connectivity index (χ0) is 9.90. The normalized spacial score (nSPS) is 16.5. The van der Waals surface area contributed by atoms with Crippen LogP contribution in [0.15, 0.2) is 11.5 Å². The molecule has 1 saturated carbocycles. The maximum absolute atomic E-state index is 5.88. The van der Waals surface area contributed by atoms with E-state index in [2.05, 4.69) is 19.6 Å². The van der Waals surface area contributed by atoms with E-state index in [0.29, 0.717) is 6.61 Å². The second-order valence-corrected chi connectivity index (χ2v) is 8.82. The third kappa shape index (κ3) is 3.42. The fraction of sp³-hybridized carbons (Fsp3) is 0.800. The summed E-state index contributed by atoms with van der Waals surface area (Å²) >= 11 is 0. The first-order chi connectivity index (χ1) is 6.03. The SMILES string of the molecule is CCOC(O[Si](C)(C)C)=C1CCC1. The molecular formula is C10H20O2Si. The quantitative estimate of drug-likeness (QED) is 0.512. The van der Waals surface area contributed by atoms with E-state index in [0.717, 1.165) is 5.95 Å². The molecule has 0 amide bonds. The molecule has 0 bridgehead atoms. The summed E-state index contributed by atoms with van der Waals surface area (Å²) in [4.78, 5) is 0. The summed E-state index contributed by atoms with van der Waals surface area (Å²) in [6.45, 7) is 9.28. The summed E-state index contributed by atoms with van der Waals surface area (Å²) in [7, 11) is -1.49. The molecule has 1 rings (SSSR count). The standard InChI is InChI=1S/C10H20O2Si/c1-5-11-10(9-7-6-8-9)12-13(2,3)4/h5-8H2,1-4H3. The largest absolute Gasteiger partial charge is 0.520 e. The van der Waals surface area contributed by atoms with Crippen LogP contribution in [0.5, 0.6) is 0 Å². The van der Waals surface area contributed by atoms with E-state index in [1.54, 1.807) is 0 Å². The van der Waals surface area contributed by atoms with Crippen LogP contribution in [0.1, 0.15) is 26.2 Å². The Kier molecular flexibility index (Phi) is 3.42. The van der Waals surface area contributed by atoms with E-state index in [-0.39, 0.29) is 0 Å². The Morgan fingerprint density at radius 2 is 1.92 bits per heavy atom. The lowest BCUT2D eigenvalue weighted by Gasteiger charge is -2.27. The van der Waals surface area contributed by atoms with E-state index in [1.165, 1.54) is 24.8 Å². The minimum atomic E-state index is -1.49. The highest BCUT2D eigenvalue weighted by Crippen LogP contribution is 2.31. The molecule has 1 aliphatic rings. The fourth-order valence-electron chi connectivity index (χ4n) is 1.17. The average Bonchev–Trinajstić information content (AvgIpc) is 1.79. The molecule has 1 fully saturated rings. The predicted octanol–water partition coefficient (Wildman–Crippen LogP) is 3.27. The van der Waals surface area contributed by atoms with Crippen LogP contribution < -0.4 is 0 Å². The van der Waals surface area contributed by atoms with Crippen LogP contribution in [-0.4, -0.2) is 14.9 Å². The van der Waals surface area contributed by atoms with Gasteiger partial charge in [0.2, 0.25) is 8.32 Å². The summed E-state index contributed by atoms with van der Waals surface area (Å²) in [6, 6.07) is 0. The smallest absolute Gasteiger partial charge is 0.264 e. The van der Waals surface area contributed by atoms with Gasteiger partial charge in [-0.3, -0.25) is 0 Å². The van der Waals surface area contributed by atoms with Crippen molar-refractivity contribution < 1.29 is 9.16 Å². The maximum Gasteiger partial charge on any atom is 0.264 e. The van der Waals surface area contributed by atoms with E-state index in [9.17, 15) is 0 Å². The van der Waals surface area contributed by atoms with Crippen molar-refractivity contribution in [3.05, 3.63) is 11.5 Å². The van der Waals surface area contributed by atoms with Crippen molar-refractivity contribution in [2.24, 2.45) is 0 Å². The molecule has 1 aliphatic carbocycles. The summed E-state index contributed by atoms with van der Waals surface area (Å²) in [5, 5.41) is 0. The number of ether oxygens (including phenoxy) is 1. The van der Waals surface area contributed by atoms with Crippen LogP contribution >= 0.6 is 0 Å². The Balaban J connectivity index is 2.58. The summed E-state index contributed by atoms with van der Waals surface area (Å²) < 4.78 is 11.4. The van der Waals surface area contributed by atoms with Crippen LogP contribution in [0, 0.1) is 0 Å². The molecule has 0 aromatic rings. The monoisotopic (exact) mass is 200 g/mol. The van der Waals surface area contributed by atoms with Crippen LogP contribution in [0.2, 0.25) is 19.6 Å². The molecule has 0 heterocycles. The van der Waals surface area contributed by atoms with Gasteiger partial charge >= 0.3 is 0 Å². The van der Waals surface area contributed by atoms with Crippen LogP contribution in [-0.2, 0) is 9.16 Å². The topological polar surface area (TPSA) is 18.5 Å². The van der Waals surface area contributed by atoms with E-state index in [1.807, 2.05) is 6.92 Å². The summed E-state index contributed by atoms with van der Waals surface area (Å²) in [6.07, 6.45) is 3.63. The third-order valence-electron chi connectivity index (χ3n) is 1.92. The lowest BCUT2D eigenvalue weighted by molar-refractivity contribution is 0.102. The Labute approximate surface area is 82.1 Å². The molecule has 0 spiro atoms. The van der Waals surface area contributed by atoms with Gasteiger partial charge in [0, 0.05) is 5.57 Å². The minimum Gasteiger partial charge on any atom is -0.520 e. The lowest BCUT2D eigenvalue weighted by atomic mass is 9.93. The van der Waals surface area contributed by atoms with Crippen molar-refractivity contribution in [1.29, 1.82) is 0 Å². The summed E-state index contributed by atoms with van der Waals surface area (Å²) in [5.41, 5.74) is 1.38. The van der Waals surface area contributed by atoms with Crippen molar-refractivity contribution in [1.82, 2.24) is 0 Å². The highest BCUT2D eigenvalue weighted by atomic mass is 28.4. The molecule has 0 atom stereocenters. The molecule has 0 aromatic heterocycles. The molecule has 76 valence electrons. The predicted molar refractivity (Wildman–Crippen MR) is 56.9 cm³/mol. The van der Waals surface area contributed by atoms with Gasteiger partial charge < -0.3 is 9.16 Å². The second kappa shape index (κ2) is 4.18. The number of allylic oxidation sites excluding steroid dienone is 1. The van der Waals surface area contributed by atoms with Gasteiger partial charge in [0.15, 0.2) is 0 Å². The zero-order valence-corrected chi connectivity index (χ0v) is 10.1. The number of rotatable bonds is 4. The summed E-state index contributed by atoms with van der Waals surface area (Å²) in [5.74, 6) is 0.841. The van der Waals surface area contributed by atoms with Gasteiger partial charge in [0.1, 0.15) is 0 Å². The van der Waals surface area contributed by atoms with Gasteiger partial charge in [-0.25, -0.2) is 0 Å². The van der Waals surface area contributed by atoms with Crippen molar-refractivity contribution in [2.45, 2.75) is 45.8 Å². The van der Waals surface area contributed by atoms with Crippen LogP contribution in [0.25, 0.3) is 0 Å². The van der Waals surface area contributed by atoms with Gasteiger partial charge in [0.25, 0.3) is 5.95 Å². The van der Waals surface area contributed by atoms with Crippen molar-refractivity contribution in [2.75, 3.05) is 6.61 Å². The first-order valence-corrected chi connectivity index (χ1v) is 8.47. The molecule has 2 nitrogen and oxygen atoms in total. The van der Waals surface area contributed by atoms with Gasteiger partial charge in [0.05, 0.1) is 6.61 Å². The minimum absolute atomic E-state index is 0.712. The van der Waals surface area contributed by atoms with Crippen molar-refractivity contribution in [3.8, 4) is 0 Å². The van der Waals surface area contributed by atoms with Crippen LogP contribution in [0.4, 0.5) is 0 Å². The highest BCUT2D eigenvalue weighted by molar-refractivity contribution is 6.70. The highest BCUT2D eigenvalue weighted by Gasteiger charge is 2.23. The lowest BCUT2D eigenvalue weighted by Crippen LogP contribution is -2.27. The Morgan fingerprint density at radius 3 is 2.23 bits per heavy atom. The number of hydrogen-bond acceptors (Lipinski definition) is 2.